The predicted octanol–water partition coefficient (Wildman–Crippen LogP) is 1.00. The molecule has 0 aliphatic rings. The summed E-state index contributed by atoms with van der Waals surface area (Å²) in [6, 6.07) is 0.401. The Kier molecular flexibility index (Phi) is 11.1. The molecule has 0 amide bonds. The molecule has 0 saturated carbocycles. The van der Waals surface area contributed by atoms with Crippen LogP contribution in [0.3, 0.4) is 0 Å². The van der Waals surface area contributed by atoms with Crippen LogP contribution in [0.1, 0.15) is 26.7 Å². The lowest BCUT2D eigenvalue weighted by molar-refractivity contribution is 0.0689. The fourth-order valence-electron chi connectivity index (χ4n) is 1.25. The smallest absolute Gasteiger partial charge is 0.191 e. The van der Waals surface area contributed by atoms with E-state index < -0.39 is 0 Å². The van der Waals surface area contributed by atoms with Gasteiger partial charge in [-0.25, -0.2) is 0 Å². The van der Waals surface area contributed by atoms with Crippen LogP contribution in [-0.4, -0.2) is 52.5 Å². The van der Waals surface area contributed by atoms with E-state index in [1.807, 2.05) is 0 Å². The van der Waals surface area contributed by atoms with E-state index in [2.05, 4.69) is 29.5 Å². The van der Waals surface area contributed by atoms with Crippen LogP contribution in [0.15, 0.2) is 4.99 Å². The van der Waals surface area contributed by atoms with Crippen molar-refractivity contribution in [2.75, 3.05) is 40.5 Å². The van der Waals surface area contributed by atoms with E-state index in [9.17, 15) is 0 Å². The molecule has 0 unspecified atom stereocenters. The number of unbranched alkanes of at least 4 members (excludes halogenated alkanes) is 1. The lowest BCUT2D eigenvalue weighted by atomic mass is 10.3. The topological polar surface area (TPSA) is 54.9 Å². The summed E-state index contributed by atoms with van der Waals surface area (Å²) >= 11 is 0. The third-order valence-corrected chi connectivity index (χ3v) is 2.09. The molecule has 0 aromatic heterocycles. The van der Waals surface area contributed by atoms with Gasteiger partial charge in [-0.3, -0.25) is 4.99 Å². The molecule has 0 aliphatic carbocycles. The van der Waals surface area contributed by atoms with E-state index in [1.54, 1.807) is 14.2 Å². The largest absolute Gasteiger partial charge is 0.382 e. The highest BCUT2D eigenvalue weighted by Crippen LogP contribution is 1.89. The molecule has 0 heterocycles. The molecule has 102 valence electrons. The summed E-state index contributed by atoms with van der Waals surface area (Å²) in [6.07, 6.45) is 2.13. The molecule has 0 rings (SSSR count). The minimum Gasteiger partial charge on any atom is -0.382 e. The fourth-order valence-corrected chi connectivity index (χ4v) is 1.25. The summed E-state index contributed by atoms with van der Waals surface area (Å²) in [7, 11) is 3.46. The molecule has 0 radical (unpaired) electrons. The van der Waals surface area contributed by atoms with Crippen molar-refractivity contribution in [1.29, 1.82) is 0 Å². The quantitative estimate of drug-likeness (QED) is 0.361. The van der Waals surface area contributed by atoms with Crippen molar-refractivity contribution < 1.29 is 9.47 Å². The minimum atomic E-state index is 0.401. The molecule has 0 atom stereocenters. The van der Waals surface area contributed by atoms with Crippen molar-refractivity contribution in [1.82, 2.24) is 10.6 Å². The van der Waals surface area contributed by atoms with Crippen LogP contribution < -0.4 is 10.6 Å². The number of guanidine groups is 1. The standard InChI is InChI=1S/C12H27N3O2/c1-11(2)15-12(13-3)14-7-5-6-8-17-10-9-16-4/h11H,5-10H2,1-4H3,(H2,13,14,15). The fraction of sp³-hybridized carbons (Fsp3) is 0.917. The first-order valence-electron chi connectivity index (χ1n) is 6.24. The number of hydrogen-bond acceptors (Lipinski definition) is 3. The van der Waals surface area contributed by atoms with Crippen LogP contribution in [0.2, 0.25) is 0 Å². The Labute approximate surface area is 105 Å². The zero-order valence-corrected chi connectivity index (χ0v) is 11.6. The van der Waals surface area contributed by atoms with E-state index in [0.29, 0.717) is 19.3 Å². The van der Waals surface area contributed by atoms with Crippen LogP contribution in [-0.2, 0) is 9.47 Å². The maximum absolute atomic E-state index is 5.37. The normalized spacial score (nSPS) is 11.9. The highest BCUT2D eigenvalue weighted by atomic mass is 16.5. The SMILES string of the molecule is CN=C(NCCCCOCCOC)NC(C)C. The molecule has 2 N–H and O–H groups in total. The molecule has 0 aromatic carbocycles. The molecule has 17 heavy (non-hydrogen) atoms. The number of aliphatic imine (C=N–C) groups is 1. The number of ether oxygens (including phenoxy) is 2. The second-order valence-corrected chi connectivity index (χ2v) is 4.11. The molecule has 0 bridgehead atoms. The Bertz CT molecular complexity index is 196. The van der Waals surface area contributed by atoms with Gasteiger partial charge in [0.2, 0.25) is 0 Å². The minimum absolute atomic E-state index is 0.401. The summed E-state index contributed by atoms with van der Waals surface area (Å²) in [6.45, 7) is 7.25. The zero-order chi connectivity index (χ0) is 12.9. The van der Waals surface area contributed by atoms with Crippen LogP contribution in [0, 0.1) is 0 Å². The summed E-state index contributed by atoms with van der Waals surface area (Å²) < 4.78 is 10.3. The summed E-state index contributed by atoms with van der Waals surface area (Å²) in [5.41, 5.74) is 0. The van der Waals surface area contributed by atoms with Crippen LogP contribution >= 0.6 is 0 Å². The number of nitrogens with zero attached hydrogens (tertiary/aromatic N) is 1. The first kappa shape index (κ1) is 16.2. The molecule has 5 heteroatoms. The molecular formula is C12H27N3O2. The second-order valence-electron chi connectivity index (χ2n) is 4.11. The maximum Gasteiger partial charge on any atom is 0.191 e. The van der Waals surface area contributed by atoms with Gasteiger partial charge < -0.3 is 20.1 Å². The lowest BCUT2D eigenvalue weighted by Crippen LogP contribution is -2.41. The van der Waals surface area contributed by atoms with Gasteiger partial charge in [-0.05, 0) is 26.7 Å². The summed E-state index contributed by atoms with van der Waals surface area (Å²) in [5.74, 6) is 0.861. The molecule has 0 saturated heterocycles. The van der Waals surface area contributed by atoms with Gasteiger partial charge in [-0.1, -0.05) is 0 Å². The Morgan fingerprint density at radius 3 is 2.53 bits per heavy atom. The summed E-state index contributed by atoms with van der Waals surface area (Å²) in [4.78, 5) is 4.13. The number of methoxy groups -OCH3 is 1. The molecule has 0 spiro atoms. The van der Waals surface area contributed by atoms with Gasteiger partial charge >= 0.3 is 0 Å². The van der Waals surface area contributed by atoms with Gasteiger partial charge in [0.15, 0.2) is 5.96 Å². The Balaban J connectivity index is 3.32. The Morgan fingerprint density at radius 2 is 1.94 bits per heavy atom. The highest BCUT2D eigenvalue weighted by molar-refractivity contribution is 5.79. The van der Waals surface area contributed by atoms with E-state index >= 15 is 0 Å². The molecule has 0 aromatic rings. The highest BCUT2D eigenvalue weighted by Gasteiger charge is 1.98. The number of rotatable bonds is 9. The van der Waals surface area contributed by atoms with E-state index in [4.69, 9.17) is 9.47 Å². The first-order valence-corrected chi connectivity index (χ1v) is 6.24. The lowest BCUT2D eigenvalue weighted by Gasteiger charge is -2.14. The average molecular weight is 245 g/mol. The molecular weight excluding hydrogens is 218 g/mol. The third-order valence-electron chi connectivity index (χ3n) is 2.09. The van der Waals surface area contributed by atoms with Gasteiger partial charge in [0, 0.05) is 33.4 Å². The second kappa shape index (κ2) is 11.7. The van der Waals surface area contributed by atoms with Gasteiger partial charge in [-0.15, -0.1) is 0 Å². The van der Waals surface area contributed by atoms with Gasteiger partial charge in [-0.2, -0.15) is 0 Å². The van der Waals surface area contributed by atoms with E-state index in [0.717, 1.165) is 32.0 Å². The Hall–Kier alpha value is -0.810. The zero-order valence-electron chi connectivity index (χ0n) is 11.6. The third kappa shape index (κ3) is 11.5. The van der Waals surface area contributed by atoms with Crippen molar-refractivity contribution >= 4 is 5.96 Å². The van der Waals surface area contributed by atoms with Crippen LogP contribution in [0.5, 0.6) is 0 Å². The maximum atomic E-state index is 5.37. The van der Waals surface area contributed by atoms with E-state index in [-0.39, 0.29) is 0 Å². The molecule has 0 fully saturated rings. The number of hydrogen-bond donors (Lipinski definition) is 2. The first-order chi connectivity index (χ1) is 8.20. The summed E-state index contributed by atoms with van der Waals surface area (Å²) in [5, 5.41) is 6.50. The molecule has 0 aliphatic heterocycles. The predicted molar refractivity (Wildman–Crippen MR) is 71.6 cm³/mol. The van der Waals surface area contributed by atoms with Crippen molar-refractivity contribution in [3.63, 3.8) is 0 Å². The van der Waals surface area contributed by atoms with Crippen LogP contribution in [0.25, 0.3) is 0 Å². The van der Waals surface area contributed by atoms with Crippen molar-refractivity contribution in [2.24, 2.45) is 4.99 Å². The van der Waals surface area contributed by atoms with Gasteiger partial charge in [0.1, 0.15) is 0 Å². The van der Waals surface area contributed by atoms with Crippen LogP contribution in [0.4, 0.5) is 0 Å². The van der Waals surface area contributed by atoms with Gasteiger partial charge in [0.05, 0.1) is 13.2 Å². The van der Waals surface area contributed by atoms with Gasteiger partial charge in [0.25, 0.3) is 0 Å². The van der Waals surface area contributed by atoms with Crippen molar-refractivity contribution in [3.8, 4) is 0 Å². The number of nitrogens with one attached hydrogen (secondary N) is 2. The van der Waals surface area contributed by atoms with E-state index in [1.165, 1.54) is 0 Å². The Morgan fingerprint density at radius 1 is 1.18 bits per heavy atom. The molecule has 5 nitrogen and oxygen atoms in total. The monoisotopic (exact) mass is 245 g/mol. The average Bonchev–Trinajstić information content (AvgIpc) is 2.30. The van der Waals surface area contributed by atoms with Crippen molar-refractivity contribution in [3.05, 3.63) is 0 Å². The van der Waals surface area contributed by atoms with Crippen molar-refractivity contribution in [2.45, 2.75) is 32.7 Å².